The van der Waals surface area contributed by atoms with E-state index in [2.05, 4.69) is 10.6 Å². The molecule has 0 aromatic rings. The SMILES string of the molecule is CNCCOCCCN1CC(=O)NC1=O. The molecule has 0 radical (unpaired) electrons. The van der Waals surface area contributed by atoms with Crippen molar-refractivity contribution in [1.29, 1.82) is 0 Å². The monoisotopic (exact) mass is 215 g/mol. The molecule has 1 rings (SSSR count). The van der Waals surface area contributed by atoms with Crippen molar-refractivity contribution in [1.82, 2.24) is 15.5 Å². The standard InChI is InChI=1S/C9H17N3O3/c1-10-3-6-15-5-2-4-12-7-8(13)11-9(12)14/h10H,2-7H2,1H3,(H,11,13,14). The lowest BCUT2D eigenvalue weighted by Crippen LogP contribution is -2.29. The maximum Gasteiger partial charge on any atom is 0.324 e. The van der Waals surface area contributed by atoms with E-state index in [9.17, 15) is 9.59 Å². The topological polar surface area (TPSA) is 70.7 Å². The van der Waals surface area contributed by atoms with Crippen LogP contribution >= 0.6 is 0 Å². The molecule has 0 bridgehead atoms. The average Bonchev–Trinajstić information content (AvgIpc) is 2.51. The van der Waals surface area contributed by atoms with Gasteiger partial charge in [0.1, 0.15) is 6.54 Å². The Hall–Kier alpha value is -1.14. The first-order valence-corrected chi connectivity index (χ1v) is 5.05. The molecule has 3 amide bonds. The lowest BCUT2D eigenvalue weighted by molar-refractivity contribution is -0.118. The van der Waals surface area contributed by atoms with Crippen LogP contribution in [0.4, 0.5) is 4.79 Å². The van der Waals surface area contributed by atoms with Crippen LogP contribution in [0.1, 0.15) is 6.42 Å². The van der Waals surface area contributed by atoms with Crippen molar-refractivity contribution < 1.29 is 14.3 Å². The van der Waals surface area contributed by atoms with Crippen molar-refractivity contribution >= 4 is 11.9 Å². The summed E-state index contributed by atoms with van der Waals surface area (Å²) in [7, 11) is 1.86. The first-order valence-electron chi connectivity index (χ1n) is 5.05. The molecule has 6 nitrogen and oxygen atoms in total. The fourth-order valence-electron chi connectivity index (χ4n) is 1.30. The Kier molecular flexibility index (Phi) is 5.06. The average molecular weight is 215 g/mol. The molecule has 0 atom stereocenters. The third-order valence-corrected chi connectivity index (χ3v) is 2.08. The third-order valence-electron chi connectivity index (χ3n) is 2.08. The summed E-state index contributed by atoms with van der Waals surface area (Å²) in [4.78, 5) is 23.4. The summed E-state index contributed by atoms with van der Waals surface area (Å²) in [6, 6.07) is -0.296. The summed E-state index contributed by atoms with van der Waals surface area (Å²) in [5.41, 5.74) is 0. The summed E-state index contributed by atoms with van der Waals surface area (Å²) < 4.78 is 5.29. The Labute approximate surface area is 88.9 Å². The largest absolute Gasteiger partial charge is 0.380 e. The normalized spacial score (nSPS) is 15.9. The molecule has 0 spiro atoms. The Morgan fingerprint density at radius 1 is 1.47 bits per heavy atom. The number of hydrogen-bond acceptors (Lipinski definition) is 4. The second-order valence-electron chi connectivity index (χ2n) is 3.34. The van der Waals surface area contributed by atoms with Crippen LogP contribution < -0.4 is 10.6 Å². The van der Waals surface area contributed by atoms with E-state index in [0.717, 1.165) is 13.0 Å². The number of amides is 3. The van der Waals surface area contributed by atoms with Gasteiger partial charge in [0, 0.05) is 19.7 Å². The Bertz CT molecular complexity index is 233. The predicted octanol–water partition coefficient (Wildman–Crippen LogP) is -0.836. The maximum absolute atomic E-state index is 11.1. The minimum Gasteiger partial charge on any atom is -0.380 e. The summed E-state index contributed by atoms with van der Waals surface area (Å²) >= 11 is 0. The van der Waals surface area contributed by atoms with E-state index in [0.29, 0.717) is 19.8 Å². The van der Waals surface area contributed by atoms with E-state index in [1.54, 1.807) is 0 Å². The predicted molar refractivity (Wildman–Crippen MR) is 54.5 cm³/mol. The molecule has 0 unspecified atom stereocenters. The molecule has 0 aromatic carbocycles. The van der Waals surface area contributed by atoms with Gasteiger partial charge in [-0.2, -0.15) is 0 Å². The molecule has 15 heavy (non-hydrogen) atoms. The van der Waals surface area contributed by atoms with Crippen molar-refractivity contribution in [2.75, 3.05) is 39.9 Å². The van der Waals surface area contributed by atoms with Gasteiger partial charge in [0.15, 0.2) is 0 Å². The van der Waals surface area contributed by atoms with Crippen LogP contribution in [0.5, 0.6) is 0 Å². The summed E-state index contributed by atoms with van der Waals surface area (Å²) in [5, 5.41) is 5.19. The van der Waals surface area contributed by atoms with Crippen LogP contribution in [0.2, 0.25) is 0 Å². The van der Waals surface area contributed by atoms with Crippen molar-refractivity contribution in [2.24, 2.45) is 0 Å². The van der Waals surface area contributed by atoms with Gasteiger partial charge >= 0.3 is 6.03 Å². The highest BCUT2D eigenvalue weighted by molar-refractivity contribution is 6.01. The van der Waals surface area contributed by atoms with Gasteiger partial charge in [0.2, 0.25) is 5.91 Å². The number of rotatable bonds is 7. The zero-order valence-corrected chi connectivity index (χ0v) is 8.91. The molecular formula is C9H17N3O3. The minimum atomic E-state index is -0.296. The quantitative estimate of drug-likeness (QED) is 0.429. The molecular weight excluding hydrogens is 198 g/mol. The zero-order chi connectivity index (χ0) is 11.1. The minimum absolute atomic E-state index is 0.176. The number of urea groups is 1. The van der Waals surface area contributed by atoms with E-state index in [1.807, 2.05) is 7.05 Å². The summed E-state index contributed by atoms with van der Waals surface area (Å²) in [5.74, 6) is -0.226. The molecule has 0 aliphatic carbocycles. The van der Waals surface area contributed by atoms with Crippen molar-refractivity contribution in [3.05, 3.63) is 0 Å². The molecule has 1 aliphatic rings. The number of likely N-dealkylation sites (N-methyl/N-ethyl adjacent to an activating group) is 1. The van der Waals surface area contributed by atoms with E-state index < -0.39 is 0 Å². The molecule has 1 heterocycles. The van der Waals surface area contributed by atoms with E-state index >= 15 is 0 Å². The molecule has 1 fully saturated rings. The van der Waals surface area contributed by atoms with Crippen LogP contribution in [0.15, 0.2) is 0 Å². The highest BCUT2D eigenvalue weighted by Crippen LogP contribution is 1.99. The lowest BCUT2D eigenvalue weighted by Gasteiger charge is -2.12. The molecule has 0 saturated carbocycles. The summed E-state index contributed by atoms with van der Waals surface area (Å²) in [6.45, 7) is 2.84. The third kappa shape index (κ3) is 4.26. The number of nitrogens with zero attached hydrogens (tertiary/aromatic N) is 1. The van der Waals surface area contributed by atoms with E-state index in [4.69, 9.17) is 4.74 Å². The van der Waals surface area contributed by atoms with Gasteiger partial charge in [0.25, 0.3) is 0 Å². The van der Waals surface area contributed by atoms with Gasteiger partial charge in [-0.25, -0.2) is 4.79 Å². The number of carbonyl (C=O) groups excluding carboxylic acids is 2. The van der Waals surface area contributed by atoms with Gasteiger partial charge < -0.3 is 15.0 Å². The molecule has 2 N–H and O–H groups in total. The number of hydrogen-bond donors (Lipinski definition) is 2. The first-order chi connectivity index (χ1) is 7.24. The van der Waals surface area contributed by atoms with Crippen molar-refractivity contribution in [3.8, 4) is 0 Å². The second-order valence-corrected chi connectivity index (χ2v) is 3.34. The van der Waals surface area contributed by atoms with Gasteiger partial charge in [-0.3, -0.25) is 10.1 Å². The first kappa shape index (κ1) is 11.9. The molecule has 1 saturated heterocycles. The Morgan fingerprint density at radius 2 is 2.27 bits per heavy atom. The van der Waals surface area contributed by atoms with E-state index in [1.165, 1.54) is 4.90 Å². The van der Waals surface area contributed by atoms with Crippen LogP contribution in [0.25, 0.3) is 0 Å². The highest BCUT2D eigenvalue weighted by Gasteiger charge is 2.25. The fraction of sp³-hybridized carbons (Fsp3) is 0.778. The molecule has 6 heteroatoms. The van der Waals surface area contributed by atoms with Crippen molar-refractivity contribution in [2.45, 2.75) is 6.42 Å². The van der Waals surface area contributed by atoms with Crippen LogP contribution in [-0.2, 0) is 9.53 Å². The Morgan fingerprint density at radius 3 is 2.87 bits per heavy atom. The van der Waals surface area contributed by atoms with Gasteiger partial charge in [-0.1, -0.05) is 0 Å². The van der Waals surface area contributed by atoms with E-state index in [-0.39, 0.29) is 18.5 Å². The molecule has 1 aliphatic heterocycles. The fourth-order valence-corrected chi connectivity index (χ4v) is 1.30. The van der Waals surface area contributed by atoms with Gasteiger partial charge in [0.05, 0.1) is 6.61 Å². The van der Waals surface area contributed by atoms with Gasteiger partial charge in [-0.15, -0.1) is 0 Å². The summed E-state index contributed by atoms with van der Waals surface area (Å²) in [6.07, 6.45) is 0.754. The number of carbonyl (C=O) groups is 2. The zero-order valence-electron chi connectivity index (χ0n) is 8.91. The lowest BCUT2D eigenvalue weighted by atomic mass is 10.4. The smallest absolute Gasteiger partial charge is 0.324 e. The van der Waals surface area contributed by atoms with Gasteiger partial charge in [-0.05, 0) is 13.5 Å². The highest BCUT2D eigenvalue weighted by atomic mass is 16.5. The van der Waals surface area contributed by atoms with Crippen molar-refractivity contribution in [3.63, 3.8) is 0 Å². The number of imide groups is 1. The molecule has 0 aromatic heterocycles. The van der Waals surface area contributed by atoms with Crippen LogP contribution in [0, 0.1) is 0 Å². The Balaban J connectivity index is 2.00. The number of ether oxygens (including phenoxy) is 1. The van der Waals surface area contributed by atoms with Crippen LogP contribution in [-0.4, -0.2) is 56.7 Å². The van der Waals surface area contributed by atoms with Crippen LogP contribution in [0.3, 0.4) is 0 Å². The molecule has 86 valence electrons. The number of nitrogens with one attached hydrogen (secondary N) is 2. The maximum atomic E-state index is 11.1. The second kappa shape index (κ2) is 6.36.